The van der Waals surface area contributed by atoms with E-state index in [9.17, 15) is 4.79 Å². The van der Waals surface area contributed by atoms with E-state index in [0.717, 1.165) is 37.1 Å². The van der Waals surface area contributed by atoms with Crippen LogP contribution in [0.25, 0.3) is 0 Å². The predicted octanol–water partition coefficient (Wildman–Crippen LogP) is 1.96. The number of methoxy groups -OCH3 is 1. The van der Waals surface area contributed by atoms with Crippen LogP contribution in [0.3, 0.4) is 0 Å². The first kappa shape index (κ1) is 15.0. The van der Waals surface area contributed by atoms with Crippen LogP contribution >= 0.6 is 0 Å². The van der Waals surface area contributed by atoms with Crippen molar-refractivity contribution in [1.29, 1.82) is 0 Å². The third-order valence-electron chi connectivity index (χ3n) is 4.03. The Balaban J connectivity index is 1.72. The molecule has 1 aromatic heterocycles. The summed E-state index contributed by atoms with van der Waals surface area (Å²) in [5.41, 5.74) is 2.11. The number of hydrogen-bond donors (Lipinski definition) is 1. The van der Waals surface area contributed by atoms with Crippen LogP contribution in [0.4, 0.5) is 0 Å². The fraction of sp³-hybridized carbons (Fsp3) is 0.733. The van der Waals surface area contributed by atoms with Gasteiger partial charge in [-0.15, -0.1) is 0 Å². The monoisotopic (exact) mass is 279 g/mol. The topological polar surface area (TPSA) is 56.1 Å². The zero-order valence-corrected chi connectivity index (χ0v) is 12.7. The maximum atomic E-state index is 12.0. The molecule has 0 aromatic carbocycles. The number of hydrogen-bond acceptors (Lipinski definition) is 3. The summed E-state index contributed by atoms with van der Waals surface area (Å²) >= 11 is 0. The van der Waals surface area contributed by atoms with Gasteiger partial charge in [-0.2, -0.15) is 5.10 Å². The summed E-state index contributed by atoms with van der Waals surface area (Å²) in [4.78, 5) is 12.0. The molecule has 0 aliphatic heterocycles. The number of nitrogens with zero attached hydrogens (tertiary/aromatic N) is 2. The second kappa shape index (κ2) is 6.88. The second-order valence-corrected chi connectivity index (χ2v) is 5.68. The van der Waals surface area contributed by atoms with E-state index >= 15 is 0 Å². The number of ether oxygens (including phenoxy) is 1. The summed E-state index contributed by atoms with van der Waals surface area (Å²) in [6.07, 6.45) is 4.98. The Morgan fingerprint density at radius 1 is 1.40 bits per heavy atom. The Hall–Kier alpha value is -1.36. The van der Waals surface area contributed by atoms with Crippen molar-refractivity contribution in [1.82, 2.24) is 15.1 Å². The molecule has 0 radical (unpaired) electrons. The van der Waals surface area contributed by atoms with Crippen LogP contribution in [0.5, 0.6) is 0 Å². The average Bonchev–Trinajstić information content (AvgIpc) is 2.75. The van der Waals surface area contributed by atoms with Crippen LogP contribution in [-0.4, -0.2) is 34.9 Å². The van der Waals surface area contributed by atoms with Gasteiger partial charge in [-0.25, -0.2) is 0 Å². The summed E-state index contributed by atoms with van der Waals surface area (Å²) in [5.74, 6) is 0.124. The largest absolute Gasteiger partial charge is 0.381 e. The Bertz CT molecular complexity index is 448. The Morgan fingerprint density at radius 3 is 2.65 bits per heavy atom. The number of aromatic nitrogens is 2. The van der Waals surface area contributed by atoms with Crippen molar-refractivity contribution in [2.45, 2.75) is 64.6 Å². The molecule has 0 saturated heterocycles. The average molecular weight is 279 g/mol. The van der Waals surface area contributed by atoms with Gasteiger partial charge in [-0.05, 0) is 45.6 Å². The third-order valence-corrected chi connectivity index (χ3v) is 4.03. The lowest BCUT2D eigenvalue weighted by atomic mass is 9.93. The lowest BCUT2D eigenvalue weighted by molar-refractivity contribution is -0.122. The lowest BCUT2D eigenvalue weighted by Crippen LogP contribution is -2.39. The molecule has 20 heavy (non-hydrogen) atoms. The Labute approximate surface area is 120 Å². The molecule has 1 N–H and O–H groups in total. The maximum absolute atomic E-state index is 12.0. The summed E-state index contributed by atoms with van der Waals surface area (Å²) in [7, 11) is 1.76. The molecule has 1 fully saturated rings. The van der Waals surface area contributed by atoms with Crippen molar-refractivity contribution < 1.29 is 9.53 Å². The Morgan fingerprint density at radius 2 is 2.10 bits per heavy atom. The number of amides is 1. The van der Waals surface area contributed by atoms with Gasteiger partial charge in [0.05, 0.1) is 11.8 Å². The van der Waals surface area contributed by atoms with Gasteiger partial charge >= 0.3 is 0 Å². The third kappa shape index (κ3) is 4.07. The van der Waals surface area contributed by atoms with E-state index in [-0.39, 0.29) is 5.91 Å². The number of aryl methyl sites for hydroxylation is 3. The molecular formula is C15H25N3O2. The van der Waals surface area contributed by atoms with Crippen molar-refractivity contribution in [3.05, 3.63) is 17.5 Å². The Kier molecular flexibility index (Phi) is 5.17. The lowest BCUT2D eigenvalue weighted by Gasteiger charge is -2.28. The minimum Gasteiger partial charge on any atom is -0.381 e. The first-order chi connectivity index (χ1) is 9.58. The highest BCUT2D eigenvalue weighted by Crippen LogP contribution is 2.20. The minimum absolute atomic E-state index is 0.124. The molecule has 0 atom stereocenters. The number of carbonyl (C=O) groups is 1. The highest BCUT2D eigenvalue weighted by atomic mass is 16.5. The molecule has 1 aromatic rings. The van der Waals surface area contributed by atoms with Gasteiger partial charge in [0.1, 0.15) is 0 Å². The fourth-order valence-electron chi connectivity index (χ4n) is 2.85. The minimum atomic E-state index is 0.124. The molecule has 5 heteroatoms. The summed E-state index contributed by atoms with van der Waals surface area (Å²) in [6, 6.07) is 2.35. The molecule has 0 spiro atoms. The SMILES string of the molecule is COC1CCC(NC(=O)CCn2nc(C)cc2C)CC1. The molecule has 0 bridgehead atoms. The summed E-state index contributed by atoms with van der Waals surface area (Å²) in [5, 5.41) is 7.49. The molecule has 1 aliphatic rings. The quantitative estimate of drug-likeness (QED) is 0.896. The first-order valence-corrected chi connectivity index (χ1v) is 7.41. The highest BCUT2D eigenvalue weighted by molar-refractivity contribution is 5.76. The van der Waals surface area contributed by atoms with E-state index in [0.29, 0.717) is 25.1 Å². The predicted molar refractivity (Wildman–Crippen MR) is 77.5 cm³/mol. The molecule has 112 valence electrons. The van der Waals surface area contributed by atoms with Crippen molar-refractivity contribution in [2.24, 2.45) is 0 Å². The number of carbonyl (C=O) groups excluding carboxylic acids is 1. The van der Waals surface area contributed by atoms with Gasteiger partial charge in [-0.3, -0.25) is 9.48 Å². The van der Waals surface area contributed by atoms with Gasteiger partial charge in [0.2, 0.25) is 5.91 Å². The zero-order chi connectivity index (χ0) is 14.5. The summed E-state index contributed by atoms with van der Waals surface area (Å²) < 4.78 is 7.24. The molecule has 5 nitrogen and oxygen atoms in total. The van der Waals surface area contributed by atoms with E-state index in [1.165, 1.54) is 0 Å². The van der Waals surface area contributed by atoms with E-state index in [1.807, 2.05) is 24.6 Å². The smallest absolute Gasteiger partial charge is 0.222 e. The standard InChI is InChI=1S/C15H25N3O2/c1-11-10-12(2)18(17-11)9-8-15(19)16-13-4-6-14(20-3)7-5-13/h10,13-14H,4-9H2,1-3H3,(H,16,19). The van der Waals surface area contributed by atoms with Crippen molar-refractivity contribution in [2.75, 3.05) is 7.11 Å². The number of nitrogens with one attached hydrogen (secondary N) is 1. The van der Waals surface area contributed by atoms with Crippen LogP contribution in [0.15, 0.2) is 6.07 Å². The zero-order valence-electron chi connectivity index (χ0n) is 12.7. The molecule has 1 heterocycles. The van der Waals surface area contributed by atoms with Crippen LogP contribution in [0.2, 0.25) is 0 Å². The second-order valence-electron chi connectivity index (χ2n) is 5.68. The van der Waals surface area contributed by atoms with Gasteiger partial charge < -0.3 is 10.1 Å². The van der Waals surface area contributed by atoms with Crippen molar-refractivity contribution in [3.63, 3.8) is 0 Å². The van der Waals surface area contributed by atoms with E-state index in [1.54, 1.807) is 7.11 Å². The first-order valence-electron chi connectivity index (χ1n) is 7.41. The normalized spacial score (nSPS) is 22.8. The van der Waals surface area contributed by atoms with Crippen molar-refractivity contribution in [3.8, 4) is 0 Å². The van der Waals surface area contributed by atoms with E-state index in [4.69, 9.17) is 4.74 Å². The van der Waals surface area contributed by atoms with Crippen LogP contribution in [-0.2, 0) is 16.1 Å². The molecule has 1 amide bonds. The van der Waals surface area contributed by atoms with Crippen LogP contribution < -0.4 is 5.32 Å². The van der Waals surface area contributed by atoms with E-state index in [2.05, 4.69) is 10.4 Å². The molecule has 0 unspecified atom stereocenters. The maximum Gasteiger partial charge on any atom is 0.222 e. The van der Waals surface area contributed by atoms with Crippen LogP contribution in [0, 0.1) is 13.8 Å². The highest BCUT2D eigenvalue weighted by Gasteiger charge is 2.21. The number of rotatable bonds is 5. The fourth-order valence-corrected chi connectivity index (χ4v) is 2.85. The van der Waals surface area contributed by atoms with Crippen LogP contribution in [0.1, 0.15) is 43.5 Å². The molecule has 2 rings (SSSR count). The van der Waals surface area contributed by atoms with Gasteiger partial charge in [0.15, 0.2) is 0 Å². The van der Waals surface area contributed by atoms with E-state index < -0.39 is 0 Å². The van der Waals surface area contributed by atoms with Gasteiger partial charge in [0, 0.05) is 31.8 Å². The van der Waals surface area contributed by atoms with Gasteiger partial charge in [-0.1, -0.05) is 0 Å². The van der Waals surface area contributed by atoms with Gasteiger partial charge in [0.25, 0.3) is 0 Å². The molecular weight excluding hydrogens is 254 g/mol. The summed E-state index contributed by atoms with van der Waals surface area (Å²) in [6.45, 7) is 4.64. The van der Waals surface area contributed by atoms with Crippen molar-refractivity contribution >= 4 is 5.91 Å². The molecule has 1 aliphatic carbocycles. The molecule has 1 saturated carbocycles.